The van der Waals surface area contributed by atoms with Gasteiger partial charge in [-0.3, -0.25) is 9.52 Å². The van der Waals surface area contributed by atoms with Crippen LogP contribution < -0.4 is 15.4 Å². The Morgan fingerprint density at radius 1 is 1.06 bits per heavy atom. The highest BCUT2D eigenvalue weighted by Gasteiger charge is 2.16. The average molecular weight is 473 g/mol. The topological polar surface area (TPSA) is 100 Å². The molecule has 2 aromatic carbocycles. The number of benzene rings is 2. The Balaban J connectivity index is 1.70. The molecule has 0 saturated carbocycles. The maximum atomic E-state index is 12.8. The van der Waals surface area contributed by atoms with Crippen molar-refractivity contribution in [3.05, 3.63) is 82.5 Å². The van der Waals surface area contributed by atoms with Gasteiger partial charge < -0.3 is 10.6 Å². The molecule has 1 aromatic heterocycles. The van der Waals surface area contributed by atoms with Crippen molar-refractivity contribution in [1.82, 2.24) is 10.3 Å². The highest BCUT2D eigenvalue weighted by Crippen LogP contribution is 2.25. The fraction of sp³-hybridized carbons (Fsp3) is 0.217. The molecule has 0 bridgehead atoms. The first kappa shape index (κ1) is 23.6. The number of amides is 1. The first-order chi connectivity index (χ1) is 15.1. The summed E-state index contributed by atoms with van der Waals surface area (Å²) in [5.41, 5.74) is 3.50. The molecule has 9 heteroatoms. The van der Waals surface area contributed by atoms with Gasteiger partial charge in [0.1, 0.15) is 5.82 Å². The lowest BCUT2D eigenvalue weighted by atomic mass is 9.98. The predicted molar refractivity (Wildman–Crippen MR) is 129 cm³/mol. The largest absolute Gasteiger partial charge is 0.348 e. The number of aromatic nitrogens is 1. The Kier molecular flexibility index (Phi) is 7.37. The molecule has 0 aliphatic heterocycles. The zero-order valence-electron chi connectivity index (χ0n) is 18.0. The van der Waals surface area contributed by atoms with Crippen molar-refractivity contribution < 1.29 is 13.2 Å². The van der Waals surface area contributed by atoms with E-state index in [0.717, 1.165) is 23.1 Å². The lowest BCUT2D eigenvalue weighted by Crippen LogP contribution is -2.24. The van der Waals surface area contributed by atoms with E-state index in [9.17, 15) is 13.2 Å². The number of sulfonamides is 1. The van der Waals surface area contributed by atoms with Crippen LogP contribution in [0.15, 0.2) is 60.8 Å². The monoisotopic (exact) mass is 472 g/mol. The van der Waals surface area contributed by atoms with Gasteiger partial charge in [-0.1, -0.05) is 43.6 Å². The zero-order chi connectivity index (χ0) is 23.3. The van der Waals surface area contributed by atoms with Crippen LogP contribution in [0.5, 0.6) is 0 Å². The van der Waals surface area contributed by atoms with Gasteiger partial charge in [-0.2, -0.15) is 0 Å². The molecule has 0 saturated heterocycles. The maximum absolute atomic E-state index is 12.8. The highest BCUT2D eigenvalue weighted by atomic mass is 35.5. The summed E-state index contributed by atoms with van der Waals surface area (Å²) in [5.74, 6) is 0.510. The highest BCUT2D eigenvalue weighted by molar-refractivity contribution is 7.92. The van der Waals surface area contributed by atoms with E-state index in [1.165, 1.54) is 0 Å². The number of nitrogens with zero attached hydrogens (tertiary/aromatic N) is 1. The van der Waals surface area contributed by atoms with E-state index in [4.69, 9.17) is 11.6 Å². The second-order valence-corrected chi connectivity index (χ2v) is 9.89. The van der Waals surface area contributed by atoms with Gasteiger partial charge in [-0.25, -0.2) is 13.4 Å². The van der Waals surface area contributed by atoms with Crippen molar-refractivity contribution in [3.8, 4) is 0 Å². The Bertz CT molecular complexity index is 1210. The molecule has 1 amide bonds. The summed E-state index contributed by atoms with van der Waals surface area (Å²) < 4.78 is 25.0. The van der Waals surface area contributed by atoms with Crippen molar-refractivity contribution in [2.45, 2.75) is 26.3 Å². The first-order valence-corrected chi connectivity index (χ1v) is 12.2. The third-order valence-corrected chi connectivity index (χ3v) is 5.45. The number of hydrogen-bond donors (Lipinski definition) is 3. The molecule has 3 N–H and O–H groups in total. The summed E-state index contributed by atoms with van der Waals surface area (Å²) in [6.07, 6.45) is 2.66. The predicted octanol–water partition coefficient (Wildman–Crippen LogP) is 4.90. The lowest BCUT2D eigenvalue weighted by molar-refractivity contribution is 0.0949. The van der Waals surface area contributed by atoms with Crippen molar-refractivity contribution in [3.63, 3.8) is 0 Å². The molecule has 1 heterocycles. The molecular formula is C23H25ClN4O3S. The first-order valence-electron chi connectivity index (χ1n) is 9.98. The molecule has 0 unspecified atom stereocenters. The van der Waals surface area contributed by atoms with Crippen LogP contribution in [0.3, 0.4) is 0 Å². The van der Waals surface area contributed by atoms with E-state index >= 15 is 0 Å². The fourth-order valence-corrected chi connectivity index (χ4v) is 3.86. The number of pyridine rings is 1. The standard InChI is InChI=1S/C23H25ClN4O3S/c1-15(2)20-12-22(27-19-6-4-5-17(24)11-19)25-14-21(20)23(29)26-13-16-7-9-18(10-8-16)28-32(3,30)31/h4-12,14-15,28H,13H2,1-3H3,(H,25,27)(H,26,29). The van der Waals surface area contributed by atoms with E-state index in [-0.39, 0.29) is 11.8 Å². The summed E-state index contributed by atoms with van der Waals surface area (Å²) in [7, 11) is -3.33. The van der Waals surface area contributed by atoms with Crippen LogP contribution in [0.4, 0.5) is 17.2 Å². The van der Waals surface area contributed by atoms with Gasteiger partial charge in [-0.15, -0.1) is 0 Å². The number of hydrogen-bond acceptors (Lipinski definition) is 5. The molecule has 7 nitrogen and oxygen atoms in total. The molecule has 32 heavy (non-hydrogen) atoms. The second kappa shape index (κ2) is 10.0. The van der Waals surface area contributed by atoms with Crippen molar-refractivity contribution in [2.24, 2.45) is 0 Å². The van der Waals surface area contributed by atoms with Crippen LogP contribution in [-0.4, -0.2) is 25.6 Å². The Labute approximate surface area is 193 Å². The minimum Gasteiger partial charge on any atom is -0.348 e. The molecule has 0 aliphatic rings. The number of rotatable bonds is 8. The van der Waals surface area contributed by atoms with Gasteiger partial charge in [0.05, 0.1) is 11.8 Å². The fourth-order valence-electron chi connectivity index (χ4n) is 3.10. The van der Waals surface area contributed by atoms with Crippen LogP contribution in [0.2, 0.25) is 5.02 Å². The third-order valence-electron chi connectivity index (χ3n) is 4.61. The molecule has 0 radical (unpaired) electrons. The minimum atomic E-state index is -3.33. The zero-order valence-corrected chi connectivity index (χ0v) is 19.6. The molecule has 0 aliphatic carbocycles. The number of carbonyl (C=O) groups excluding carboxylic acids is 1. The molecule has 0 fully saturated rings. The summed E-state index contributed by atoms with van der Waals surface area (Å²) in [6, 6.07) is 16.0. The van der Waals surface area contributed by atoms with Crippen molar-refractivity contribution in [2.75, 3.05) is 16.3 Å². The average Bonchev–Trinajstić information content (AvgIpc) is 2.72. The van der Waals surface area contributed by atoms with E-state index in [1.54, 1.807) is 42.6 Å². The normalized spacial score (nSPS) is 11.3. The Hall–Kier alpha value is -3.10. The van der Waals surface area contributed by atoms with Gasteiger partial charge in [0, 0.05) is 29.1 Å². The van der Waals surface area contributed by atoms with Crippen LogP contribution in [0, 0.1) is 0 Å². The molecule has 168 valence electrons. The van der Waals surface area contributed by atoms with Gasteiger partial charge >= 0.3 is 0 Å². The molecular weight excluding hydrogens is 448 g/mol. The number of anilines is 3. The van der Waals surface area contributed by atoms with E-state index in [0.29, 0.717) is 28.6 Å². The second-order valence-electron chi connectivity index (χ2n) is 7.70. The summed E-state index contributed by atoms with van der Waals surface area (Å²) >= 11 is 6.04. The number of nitrogens with one attached hydrogen (secondary N) is 3. The van der Waals surface area contributed by atoms with Crippen molar-refractivity contribution >= 4 is 44.7 Å². The Morgan fingerprint density at radius 2 is 1.78 bits per heavy atom. The van der Waals surface area contributed by atoms with Gasteiger partial charge in [0.25, 0.3) is 5.91 Å². The summed E-state index contributed by atoms with van der Waals surface area (Å²) in [5, 5.41) is 6.73. The molecule has 0 atom stereocenters. The van der Waals surface area contributed by atoms with Crippen LogP contribution >= 0.6 is 11.6 Å². The Morgan fingerprint density at radius 3 is 2.41 bits per heavy atom. The quantitative estimate of drug-likeness (QED) is 0.432. The minimum absolute atomic E-state index is 0.111. The smallest absolute Gasteiger partial charge is 0.253 e. The molecule has 3 rings (SSSR count). The van der Waals surface area contributed by atoms with Gasteiger partial charge in [0.15, 0.2) is 0 Å². The van der Waals surface area contributed by atoms with Crippen LogP contribution in [0.1, 0.15) is 41.3 Å². The van der Waals surface area contributed by atoms with E-state index in [2.05, 4.69) is 20.3 Å². The molecule has 3 aromatic rings. The van der Waals surface area contributed by atoms with E-state index in [1.807, 2.05) is 32.0 Å². The van der Waals surface area contributed by atoms with Gasteiger partial charge in [0.2, 0.25) is 10.0 Å². The summed E-state index contributed by atoms with van der Waals surface area (Å²) in [6.45, 7) is 4.34. The van der Waals surface area contributed by atoms with Gasteiger partial charge in [-0.05, 0) is 53.4 Å². The van der Waals surface area contributed by atoms with Crippen LogP contribution in [-0.2, 0) is 16.6 Å². The maximum Gasteiger partial charge on any atom is 0.253 e. The number of halogens is 1. The third kappa shape index (κ3) is 6.70. The molecule has 0 spiro atoms. The summed E-state index contributed by atoms with van der Waals surface area (Å²) in [4.78, 5) is 17.2. The van der Waals surface area contributed by atoms with E-state index < -0.39 is 10.0 Å². The lowest BCUT2D eigenvalue weighted by Gasteiger charge is -2.15. The number of carbonyl (C=O) groups is 1. The van der Waals surface area contributed by atoms with Crippen LogP contribution in [0.25, 0.3) is 0 Å². The SMILES string of the molecule is CC(C)c1cc(Nc2cccc(Cl)c2)ncc1C(=O)NCc1ccc(NS(C)(=O)=O)cc1. The van der Waals surface area contributed by atoms with Crippen molar-refractivity contribution in [1.29, 1.82) is 0 Å².